The maximum Gasteiger partial charge on any atom is 0.327 e. The first-order valence-electron chi connectivity index (χ1n) is 6.33. The molecule has 0 aromatic heterocycles. The van der Waals surface area contributed by atoms with Crippen LogP contribution in [0, 0.1) is 0 Å². The standard InChI is InChI=1S/C12H22N2O4S/c1-4-6-14(7-5-2)12(18)19-8-10(11(16)17)13-9(3)15/h10H,4-8H2,1-3H3,(H,13,15)(H,16,17)/t10-/m0/s1. The van der Waals surface area contributed by atoms with E-state index in [1.54, 1.807) is 4.90 Å². The highest BCUT2D eigenvalue weighted by atomic mass is 32.2. The second-order valence-electron chi connectivity index (χ2n) is 4.16. The van der Waals surface area contributed by atoms with Crippen molar-refractivity contribution in [1.82, 2.24) is 10.2 Å². The summed E-state index contributed by atoms with van der Waals surface area (Å²) in [5.41, 5.74) is 0. The number of nitrogens with one attached hydrogen (secondary N) is 1. The largest absolute Gasteiger partial charge is 0.480 e. The van der Waals surface area contributed by atoms with E-state index in [-0.39, 0.29) is 11.0 Å². The fraction of sp³-hybridized carbons (Fsp3) is 0.750. The van der Waals surface area contributed by atoms with E-state index in [0.29, 0.717) is 13.1 Å². The van der Waals surface area contributed by atoms with Crippen LogP contribution in [0.3, 0.4) is 0 Å². The maximum atomic E-state index is 11.9. The zero-order valence-corrected chi connectivity index (χ0v) is 12.5. The molecule has 0 heterocycles. The van der Waals surface area contributed by atoms with Crippen molar-refractivity contribution in [3.05, 3.63) is 0 Å². The van der Waals surface area contributed by atoms with Gasteiger partial charge in [-0.3, -0.25) is 9.59 Å². The third kappa shape index (κ3) is 7.71. The van der Waals surface area contributed by atoms with E-state index in [1.807, 2.05) is 13.8 Å². The molecule has 2 N–H and O–H groups in total. The topological polar surface area (TPSA) is 86.7 Å². The molecule has 0 aromatic rings. The van der Waals surface area contributed by atoms with Crippen LogP contribution in [0.15, 0.2) is 0 Å². The van der Waals surface area contributed by atoms with Crippen molar-refractivity contribution in [3.63, 3.8) is 0 Å². The van der Waals surface area contributed by atoms with Crippen LogP contribution in [-0.2, 0) is 9.59 Å². The average molecular weight is 290 g/mol. The van der Waals surface area contributed by atoms with E-state index >= 15 is 0 Å². The minimum absolute atomic E-state index is 0.0394. The molecule has 0 aliphatic carbocycles. The molecule has 0 unspecified atom stereocenters. The van der Waals surface area contributed by atoms with Crippen LogP contribution in [0.4, 0.5) is 4.79 Å². The second kappa shape index (κ2) is 9.66. The summed E-state index contributed by atoms with van der Waals surface area (Å²) in [7, 11) is 0. The molecule has 1 atom stereocenters. The van der Waals surface area contributed by atoms with Crippen LogP contribution < -0.4 is 5.32 Å². The molecular weight excluding hydrogens is 268 g/mol. The normalized spacial score (nSPS) is 11.7. The van der Waals surface area contributed by atoms with E-state index in [4.69, 9.17) is 5.11 Å². The lowest BCUT2D eigenvalue weighted by Gasteiger charge is -2.21. The number of carbonyl (C=O) groups is 3. The number of rotatable bonds is 8. The highest BCUT2D eigenvalue weighted by Crippen LogP contribution is 2.12. The number of hydrogen-bond donors (Lipinski definition) is 2. The fourth-order valence-electron chi connectivity index (χ4n) is 1.50. The number of carboxylic acids is 1. The third-order valence-corrected chi connectivity index (χ3v) is 3.30. The van der Waals surface area contributed by atoms with Crippen LogP contribution in [-0.4, -0.2) is 52.0 Å². The molecular formula is C12H22N2O4S. The number of aliphatic carboxylic acids is 1. The molecule has 0 saturated carbocycles. The molecule has 7 heteroatoms. The predicted octanol–water partition coefficient (Wildman–Crippen LogP) is 1.55. The van der Waals surface area contributed by atoms with Crippen molar-refractivity contribution in [3.8, 4) is 0 Å². The molecule has 0 aliphatic rings. The molecule has 19 heavy (non-hydrogen) atoms. The quantitative estimate of drug-likeness (QED) is 0.708. The summed E-state index contributed by atoms with van der Waals surface area (Å²) in [4.78, 5) is 35.4. The van der Waals surface area contributed by atoms with E-state index < -0.39 is 17.9 Å². The Morgan fingerprint density at radius 1 is 1.21 bits per heavy atom. The predicted molar refractivity (Wildman–Crippen MR) is 75.2 cm³/mol. The van der Waals surface area contributed by atoms with Crippen LogP contribution in [0.2, 0.25) is 0 Å². The third-order valence-electron chi connectivity index (χ3n) is 2.29. The van der Waals surface area contributed by atoms with Gasteiger partial charge in [-0.1, -0.05) is 25.6 Å². The Kier molecular flexibility index (Phi) is 9.03. The van der Waals surface area contributed by atoms with E-state index in [0.717, 1.165) is 24.6 Å². The molecule has 0 rings (SSSR count). The smallest absolute Gasteiger partial charge is 0.327 e. The molecule has 6 nitrogen and oxygen atoms in total. The first kappa shape index (κ1) is 17.8. The van der Waals surface area contributed by atoms with Crippen molar-refractivity contribution >= 4 is 28.9 Å². The van der Waals surface area contributed by atoms with Gasteiger partial charge in [-0.05, 0) is 12.8 Å². The molecule has 0 spiro atoms. The maximum absolute atomic E-state index is 11.9. The second-order valence-corrected chi connectivity index (χ2v) is 5.13. The van der Waals surface area contributed by atoms with Gasteiger partial charge in [-0.25, -0.2) is 4.79 Å². The molecule has 0 radical (unpaired) electrons. The molecule has 0 bridgehead atoms. The number of thioether (sulfide) groups is 1. The lowest BCUT2D eigenvalue weighted by atomic mass is 10.3. The number of carbonyl (C=O) groups excluding carboxylic acids is 2. The van der Waals surface area contributed by atoms with Crippen molar-refractivity contribution in [2.45, 2.75) is 39.7 Å². The zero-order chi connectivity index (χ0) is 14.8. The van der Waals surface area contributed by atoms with Gasteiger partial charge in [0.25, 0.3) is 5.24 Å². The number of carboxylic acid groups (broad SMARTS) is 1. The molecule has 0 aromatic carbocycles. The SMILES string of the molecule is CCCN(CCC)C(=O)SC[C@H](NC(C)=O)C(=O)O. The number of hydrogen-bond acceptors (Lipinski definition) is 4. The monoisotopic (exact) mass is 290 g/mol. The summed E-state index contributed by atoms with van der Waals surface area (Å²) in [6, 6.07) is -1.03. The van der Waals surface area contributed by atoms with Crippen molar-refractivity contribution in [2.24, 2.45) is 0 Å². The molecule has 2 amide bonds. The highest BCUT2D eigenvalue weighted by molar-refractivity contribution is 8.13. The first-order valence-corrected chi connectivity index (χ1v) is 7.32. The Balaban J connectivity index is 4.35. The number of nitrogens with zero attached hydrogens (tertiary/aromatic N) is 1. The molecule has 110 valence electrons. The average Bonchev–Trinajstić information content (AvgIpc) is 2.33. The first-order chi connectivity index (χ1) is 8.92. The van der Waals surface area contributed by atoms with Gasteiger partial charge in [0.05, 0.1) is 0 Å². The molecule has 0 aliphatic heterocycles. The van der Waals surface area contributed by atoms with Crippen molar-refractivity contribution < 1.29 is 19.5 Å². The van der Waals surface area contributed by atoms with Gasteiger partial charge < -0.3 is 15.3 Å². The van der Waals surface area contributed by atoms with Crippen molar-refractivity contribution in [1.29, 1.82) is 0 Å². The Bertz CT molecular complexity index is 317. The summed E-state index contributed by atoms with van der Waals surface area (Å²) in [5.74, 6) is -1.51. The summed E-state index contributed by atoms with van der Waals surface area (Å²) in [5, 5.41) is 11.1. The number of amides is 2. The van der Waals surface area contributed by atoms with E-state index in [1.165, 1.54) is 6.92 Å². The van der Waals surface area contributed by atoms with Crippen LogP contribution in [0.5, 0.6) is 0 Å². The Labute approximate surface area is 117 Å². The Hall–Kier alpha value is -1.24. The van der Waals surface area contributed by atoms with Gasteiger partial charge in [0.15, 0.2) is 0 Å². The lowest BCUT2D eigenvalue weighted by Crippen LogP contribution is -2.42. The minimum atomic E-state index is -1.13. The van der Waals surface area contributed by atoms with Crippen molar-refractivity contribution in [2.75, 3.05) is 18.8 Å². The van der Waals surface area contributed by atoms with Gasteiger partial charge in [-0.15, -0.1) is 0 Å². The summed E-state index contributed by atoms with van der Waals surface area (Å²) in [6.07, 6.45) is 1.72. The van der Waals surface area contributed by atoms with E-state index in [2.05, 4.69) is 5.32 Å². The summed E-state index contributed by atoms with van der Waals surface area (Å²) < 4.78 is 0. The van der Waals surface area contributed by atoms with Gasteiger partial charge in [-0.2, -0.15) is 0 Å². The zero-order valence-electron chi connectivity index (χ0n) is 11.6. The highest BCUT2D eigenvalue weighted by Gasteiger charge is 2.21. The Morgan fingerprint density at radius 2 is 1.74 bits per heavy atom. The Morgan fingerprint density at radius 3 is 2.11 bits per heavy atom. The summed E-state index contributed by atoms with van der Waals surface area (Å²) >= 11 is 0.934. The van der Waals surface area contributed by atoms with Gasteiger partial charge in [0.2, 0.25) is 5.91 Å². The van der Waals surface area contributed by atoms with Gasteiger partial charge in [0.1, 0.15) is 6.04 Å². The summed E-state index contributed by atoms with van der Waals surface area (Å²) in [6.45, 7) is 6.55. The van der Waals surface area contributed by atoms with Crippen LogP contribution in [0.1, 0.15) is 33.6 Å². The lowest BCUT2D eigenvalue weighted by molar-refractivity contribution is -0.140. The molecule has 0 fully saturated rings. The van der Waals surface area contributed by atoms with Gasteiger partial charge >= 0.3 is 5.97 Å². The van der Waals surface area contributed by atoms with E-state index in [9.17, 15) is 14.4 Å². The fourth-order valence-corrected chi connectivity index (χ4v) is 2.40. The van der Waals surface area contributed by atoms with Crippen LogP contribution >= 0.6 is 11.8 Å². The van der Waals surface area contributed by atoms with Crippen LogP contribution in [0.25, 0.3) is 0 Å². The molecule has 0 saturated heterocycles. The van der Waals surface area contributed by atoms with Gasteiger partial charge in [0, 0.05) is 25.8 Å². The minimum Gasteiger partial charge on any atom is -0.480 e.